The van der Waals surface area contributed by atoms with E-state index in [-0.39, 0.29) is 0 Å². The van der Waals surface area contributed by atoms with Crippen molar-refractivity contribution in [1.29, 1.82) is 0 Å². The molecule has 144 valence electrons. The fraction of sp³-hybridized carbons (Fsp3) is 0.913. The van der Waals surface area contributed by atoms with Gasteiger partial charge in [0.25, 0.3) is 0 Å². The third kappa shape index (κ3) is 5.82. The van der Waals surface area contributed by atoms with Crippen LogP contribution in [0.5, 0.6) is 0 Å². The highest BCUT2D eigenvalue weighted by Crippen LogP contribution is 2.37. The van der Waals surface area contributed by atoms with Crippen molar-refractivity contribution in [3.63, 3.8) is 0 Å². The van der Waals surface area contributed by atoms with E-state index in [1.807, 2.05) is 7.11 Å². The third-order valence-electron chi connectivity index (χ3n) is 7.17. The molecule has 1 aliphatic heterocycles. The molecular weight excluding hydrogens is 308 g/mol. The molecule has 2 saturated carbocycles. The fourth-order valence-electron chi connectivity index (χ4n) is 5.40. The van der Waals surface area contributed by atoms with Gasteiger partial charge < -0.3 is 9.47 Å². The lowest BCUT2D eigenvalue weighted by molar-refractivity contribution is -0.0494. The minimum Gasteiger partial charge on any atom is -0.381 e. The molecule has 2 nitrogen and oxygen atoms in total. The van der Waals surface area contributed by atoms with Crippen LogP contribution in [-0.4, -0.2) is 25.9 Å². The minimum absolute atomic E-state index is 0.510. The van der Waals surface area contributed by atoms with Gasteiger partial charge in [0, 0.05) is 13.0 Å². The van der Waals surface area contributed by atoms with Gasteiger partial charge in [-0.2, -0.15) is 0 Å². The highest BCUT2D eigenvalue weighted by molar-refractivity contribution is 4.96. The summed E-state index contributed by atoms with van der Waals surface area (Å²) in [4.78, 5) is 0. The molecule has 0 aromatic carbocycles. The van der Waals surface area contributed by atoms with Gasteiger partial charge in [0.05, 0.1) is 18.8 Å². The highest BCUT2D eigenvalue weighted by atomic mass is 16.5. The number of hydrogen-bond donors (Lipinski definition) is 0. The molecule has 0 aromatic heterocycles. The summed E-state index contributed by atoms with van der Waals surface area (Å²) in [6.07, 6.45) is 22.3. The van der Waals surface area contributed by atoms with Crippen molar-refractivity contribution >= 4 is 0 Å². The topological polar surface area (TPSA) is 18.5 Å². The first-order chi connectivity index (χ1) is 12.3. The van der Waals surface area contributed by atoms with Crippen LogP contribution >= 0.6 is 0 Å². The molecule has 3 aliphatic rings. The molecule has 25 heavy (non-hydrogen) atoms. The van der Waals surface area contributed by atoms with Gasteiger partial charge >= 0.3 is 0 Å². The molecule has 0 N–H and O–H groups in total. The van der Waals surface area contributed by atoms with E-state index >= 15 is 0 Å². The van der Waals surface area contributed by atoms with Crippen molar-refractivity contribution in [3.05, 3.63) is 12.2 Å². The van der Waals surface area contributed by atoms with Gasteiger partial charge in [-0.15, -0.1) is 0 Å². The predicted molar refractivity (Wildman–Crippen MR) is 105 cm³/mol. The van der Waals surface area contributed by atoms with E-state index in [9.17, 15) is 0 Å². The van der Waals surface area contributed by atoms with E-state index in [1.54, 1.807) is 0 Å². The second-order valence-electron chi connectivity index (χ2n) is 8.94. The maximum atomic E-state index is 6.33. The zero-order chi connectivity index (χ0) is 17.5. The van der Waals surface area contributed by atoms with Crippen LogP contribution in [0.15, 0.2) is 12.2 Å². The summed E-state index contributed by atoms with van der Waals surface area (Å²) in [5.74, 6) is 3.29. The normalized spacial score (nSPS) is 40.4. The summed E-state index contributed by atoms with van der Waals surface area (Å²) in [5, 5.41) is 0. The van der Waals surface area contributed by atoms with Crippen LogP contribution in [0.25, 0.3) is 0 Å². The Bertz CT molecular complexity index is 381. The lowest BCUT2D eigenvalue weighted by atomic mass is 9.76. The Morgan fingerprint density at radius 2 is 1.52 bits per heavy atom. The van der Waals surface area contributed by atoms with Gasteiger partial charge in [0.15, 0.2) is 0 Å². The van der Waals surface area contributed by atoms with Crippen molar-refractivity contribution < 1.29 is 9.47 Å². The van der Waals surface area contributed by atoms with Gasteiger partial charge in [0.1, 0.15) is 0 Å². The zero-order valence-corrected chi connectivity index (χ0v) is 16.6. The van der Waals surface area contributed by atoms with Crippen molar-refractivity contribution in [2.24, 2.45) is 23.7 Å². The lowest BCUT2D eigenvalue weighted by Crippen LogP contribution is -2.33. The zero-order valence-electron chi connectivity index (χ0n) is 16.6. The maximum Gasteiger partial charge on any atom is 0.0603 e. The Hall–Kier alpha value is -0.340. The summed E-state index contributed by atoms with van der Waals surface area (Å²) >= 11 is 0. The van der Waals surface area contributed by atoms with E-state index in [2.05, 4.69) is 19.1 Å². The van der Waals surface area contributed by atoms with Gasteiger partial charge in [-0.05, 0) is 69.1 Å². The number of methoxy groups -OCH3 is 1. The van der Waals surface area contributed by atoms with E-state index in [0.717, 1.165) is 24.4 Å². The number of rotatable bonds is 6. The number of allylic oxidation sites excluding steroid dienone is 1. The average molecular weight is 349 g/mol. The van der Waals surface area contributed by atoms with Crippen LogP contribution in [-0.2, 0) is 9.47 Å². The Morgan fingerprint density at radius 1 is 0.840 bits per heavy atom. The van der Waals surface area contributed by atoms with Crippen molar-refractivity contribution in [1.82, 2.24) is 0 Å². The molecular formula is C23H40O2. The first-order valence-corrected chi connectivity index (χ1v) is 11.1. The largest absolute Gasteiger partial charge is 0.381 e. The highest BCUT2D eigenvalue weighted by Gasteiger charge is 2.31. The molecule has 0 aromatic rings. The van der Waals surface area contributed by atoms with Crippen molar-refractivity contribution in [3.8, 4) is 0 Å². The Kier molecular flexibility index (Phi) is 7.86. The average Bonchev–Trinajstić information content (AvgIpc) is 2.68. The predicted octanol–water partition coefficient (Wildman–Crippen LogP) is 6.15. The first-order valence-electron chi connectivity index (χ1n) is 11.1. The van der Waals surface area contributed by atoms with Crippen LogP contribution in [0.2, 0.25) is 0 Å². The Labute approximate surface area is 155 Å². The van der Waals surface area contributed by atoms with Crippen LogP contribution in [0.1, 0.15) is 84.0 Å². The maximum absolute atomic E-state index is 6.33. The van der Waals surface area contributed by atoms with Crippen molar-refractivity contribution in [2.45, 2.75) is 96.2 Å². The molecule has 2 unspecified atom stereocenters. The van der Waals surface area contributed by atoms with Gasteiger partial charge in [-0.1, -0.05) is 44.8 Å². The molecule has 1 saturated heterocycles. The van der Waals surface area contributed by atoms with E-state index in [4.69, 9.17) is 9.47 Å². The quantitative estimate of drug-likeness (QED) is 0.536. The van der Waals surface area contributed by atoms with E-state index < -0.39 is 0 Å². The summed E-state index contributed by atoms with van der Waals surface area (Å²) in [5.41, 5.74) is 0. The smallest absolute Gasteiger partial charge is 0.0603 e. The molecule has 0 radical (unpaired) electrons. The Balaban J connectivity index is 1.34. The van der Waals surface area contributed by atoms with Gasteiger partial charge in [-0.3, -0.25) is 0 Å². The fourth-order valence-corrected chi connectivity index (χ4v) is 5.40. The minimum atomic E-state index is 0.510. The van der Waals surface area contributed by atoms with Gasteiger partial charge in [0.2, 0.25) is 0 Å². The standard InChI is InChI=1S/C23H40O2/c1-3-4-18-7-12-21(13-8-18)23-16-11-20(17-25-23)6-5-19-9-14-22(24-2)15-10-19/h5-6,18-23H,3-4,7-17H2,1-2H3/b6-5+. The van der Waals surface area contributed by atoms with Crippen LogP contribution in [0.4, 0.5) is 0 Å². The molecule has 3 fully saturated rings. The summed E-state index contributed by atoms with van der Waals surface area (Å²) < 4.78 is 11.8. The molecule has 0 amide bonds. The summed E-state index contributed by atoms with van der Waals surface area (Å²) in [6, 6.07) is 0. The molecule has 2 heteroatoms. The number of hydrogen-bond acceptors (Lipinski definition) is 2. The van der Waals surface area contributed by atoms with E-state index in [0.29, 0.717) is 18.1 Å². The van der Waals surface area contributed by atoms with Gasteiger partial charge in [-0.25, -0.2) is 0 Å². The number of ether oxygens (including phenoxy) is 2. The molecule has 3 rings (SSSR count). The monoisotopic (exact) mass is 348 g/mol. The van der Waals surface area contributed by atoms with Crippen LogP contribution < -0.4 is 0 Å². The molecule has 2 atom stereocenters. The second-order valence-corrected chi connectivity index (χ2v) is 8.94. The Morgan fingerprint density at radius 3 is 2.12 bits per heavy atom. The SMILES string of the molecule is CCCC1CCC(C2CCC(/C=C/C3CCC(OC)CC3)CO2)CC1. The third-order valence-corrected chi connectivity index (χ3v) is 7.17. The first kappa shape index (κ1) is 19.4. The molecule has 2 aliphatic carbocycles. The van der Waals surface area contributed by atoms with Crippen LogP contribution in [0, 0.1) is 23.7 Å². The van der Waals surface area contributed by atoms with Crippen molar-refractivity contribution in [2.75, 3.05) is 13.7 Å². The van der Waals surface area contributed by atoms with E-state index in [1.165, 1.54) is 77.0 Å². The molecule has 0 spiro atoms. The second kappa shape index (κ2) is 10.1. The van der Waals surface area contributed by atoms with Crippen LogP contribution in [0.3, 0.4) is 0 Å². The molecule has 0 bridgehead atoms. The summed E-state index contributed by atoms with van der Waals surface area (Å²) in [6.45, 7) is 3.29. The lowest BCUT2D eigenvalue weighted by Gasteiger charge is -2.37. The molecule has 1 heterocycles. The summed E-state index contributed by atoms with van der Waals surface area (Å²) in [7, 11) is 1.85.